The Balaban J connectivity index is 1.59. The van der Waals surface area contributed by atoms with Crippen LogP contribution < -0.4 is 10.6 Å². The third kappa shape index (κ3) is 4.98. The van der Waals surface area contributed by atoms with Gasteiger partial charge in [-0.2, -0.15) is 0 Å². The number of aliphatic imine (C=N–C) groups is 1. The van der Waals surface area contributed by atoms with Gasteiger partial charge in [0, 0.05) is 25.7 Å². The van der Waals surface area contributed by atoms with Crippen LogP contribution in [0.2, 0.25) is 0 Å². The van der Waals surface area contributed by atoms with E-state index >= 15 is 0 Å². The van der Waals surface area contributed by atoms with Crippen LogP contribution in [0.4, 0.5) is 0 Å². The van der Waals surface area contributed by atoms with Crippen LogP contribution in [0.3, 0.4) is 0 Å². The summed E-state index contributed by atoms with van der Waals surface area (Å²) in [6.07, 6.45) is 6.57. The van der Waals surface area contributed by atoms with Crippen molar-refractivity contribution in [3.05, 3.63) is 35.9 Å². The third-order valence-electron chi connectivity index (χ3n) is 6.06. The minimum atomic E-state index is 0.275. The van der Waals surface area contributed by atoms with Crippen LogP contribution in [0.5, 0.6) is 0 Å². The summed E-state index contributed by atoms with van der Waals surface area (Å²) in [5, 5.41) is 7.11. The molecular weight excluding hydrogens is 322 g/mol. The van der Waals surface area contributed by atoms with Crippen molar-refractivity contribution in [1.82, 2.24) is 20.4 Å². The van der Waals surface area contributed by atoms with E-state index < -0.39 is 0 Å². The first-order valence-electron chi connectivity index (χ1n) is 10.1. The molecule has 0 radical (unpaired) electrons. The lowest BCUT2D eigenvalue weighted by molar-refractivity contribution is 0.0173. The van der Waals surface area contributed by atoms with Crippen molar-refractivity contribution in [3.8, 4) is 0 Å². The molecule has 144 valence electrons. The van der Waals surface area contributed by atoms with Gasteiger partial charge in [0.1, 0.15) is 0 Å². The Morgan fingerprint density at radius 2 is 1.69 bits per heavy atom. The van der Waals surface area contributed by atoms with Gasteiger partial charge in [0.25, 0.3) is 0 Å². The van der Waals surface area contributed by atoms with E-state index in [2.05, 4.69) is 62.8 Å². The molecule has 5 nitrogen and oxygen atoms in total. The number of benzene rings is 1. The van der Waals surface area contributed by atoms with E-state index in [4.69, 9.17) is 0 Å². The number of hydrogen-bond donors (Lipinski definition) is 2. The highest BCUT2D eigenvalue weighted by atomic mass is 15.3. The maximum Gasteiger partial charge on any atom is 0.191 e. The van der Waals surface area contributed by atoms with Gasteiger partial charge in [0.2, 0.25) is 0 Å². The zero-order chi connectivity index (χ0) is 18.2. The van der Waals surface area contributed by atoms with Crippen molar-refractivity contribution >= 4 is 5.96 Å². The van der Waals surface area contributed by atoms with E-state index in [1.54, 1.807) is 0 Å². The molecule has 5 heteroatoms. The molecule has 0 saturated carbocycles. The Labute approximate surface area is 158 Å². The number of guanidine groups is 1. The molecule has 2 aliphatic heterocycles. The summed E-state index contributed by atoms with van der Waals surface area (Å²) in [7, 11) is 4.11. The van der Waals surface area contributed by atoms with Crippen LogP contribution in [0.15, 0.2) is 35.3 Å². The average Bonchev–Trinajstić information content (AvgIpc) is 2.71. The quantitative estimate of drug-likeness (QED) is 0.627. The normalized spacial score (nSPS) is 22.2. The predicted octanol–water partition coefficient (Wildman–Crippen LogP) is 2.30. The highest BCUT2D eigenvalue weighted by Crippen LogP contribution is 2.30. The molecule has 1 aromatic carbocycles. The Bertz CT molecular complexity index is 557. The molecular formula is C21H35N5. The molecule has 2 saturated heterocycles. The van der Waals surface area contributed by atoms with Gasteiger partial charge in [-0.1, -0.05) is 36.8 Å². The fourth-order valence-corrected chi connectivity index (χ4v) is 4.26. The van der Waals surface area contributed by atoms with Crippen molar-refractivity contribution in [1.29, 1.82) is 0 Å². The van der Waals surface area contributed by atoms with E-state index in [9.17, 15) is 0 Å². The van der Waals surface area contributed by atoms with Gasteiger partial charge in [-0.25, -0.2) is 0 Å². The standard InChI is InChI=1S/C21H35N5/c1-22-20(23-17-19-9-5-3-6-10-19)24-18-21(11-15-25(2)16-12-21)26-13-7-4-8-14-26/h3,5-6,9-10H,4,7-8,11-18H2,1-2H3,(H2,22,23,24). The monoisotopic (exact) mass is 357 g/mol. The summed E-state index contributed by atoms with van der Waals surface area (Å²) >= 11 is 0. The van der Waals surface area contributed by atoms with E-state index in [0.29, 0.717) is 0 Å². The Morgan fingerprint density at radius 3 is 2.35 bits per heavy atom. The molecule has 3 rings (SSSR count). The fourth-order valence-electron chi connectivity index (χ4n) is 4.26. The minimum Gasteiger partial charge on any atom is -0.355 e. The van der Waals surface area contributed by atoms with E-state index in [1.165, 1.54) is 63.8 Å². The summed E-state index contributed by atoms with van der Waals surface area (Å²) in [4.78, 5) is 9.67. The lowest BCUT2D eigenvalue weighted by atomic mass is 9.84. The van der Waals surface area contributed by atoms with Crippen molar-refractivity contribution in [2.45, 2.75) is 44.2 Å². The smallest absolute Gasteiger partial charge is 0.191 e. The number of piperidine rings is 2. The lowest BCUT2D eigenvalue weighted by Crippen LogP contribution is -2.62. The number of nitrogens with zero attached hydrogens (tertiary/aromatic N) is 3. The third-order valence-corrected chi connectivity index (χ3v) is 6.06. The zero-order valence-electron chi connectivity index (χ0n) is 16.5. The first-order chi connectivity index (χ1) is 12.7. The van der Waals surface area contributed by atoms with E-state index in [1.807, 2.05) is 7.05 Å². The van der Waals surface area contributed by atoms with Crippen LogP contribution in [-0.2, 0) is 6.54 Å². The van der Waals surface area contributed by atoms with Gasteiger partial charge in [-0.15, -0.1) is 0 Å². The Hall–Kier alpha value is -1.59. The molecule has 1 aromatic rings. The zero-order valence-corrected chi connectivity index (χ0v) is 16.5. The molecule has 0 atom stereocenters. The van der Waals surface area contributed by atoms with Crippen LogP contribution >= 0.6 is 0 Å². The lowest BCUT2D eigenvalue weighted by Gasteiger charge is -2.50. The SMILES string of the molecule is CN=C(NCc1ccccc1)NCC1(N2CCCCC2)CCN(C)CC1. The summed E-state index contributed by atoms with van der Waals surface area (Å²) in [5.74, 6) is 0.907. The molecule has 2 heterocycles. The van der Waals surface area contributed by atoms with Gasteiger partial charge >= 0.3 is 0 Å². The van der Waals surface area contributed by atoms with Crippen molar-refractivity contribution < 1.29 is 0 Å². The second kappa shape index (κ2) is 9.38. The molecule has 2 N–H and O–H groups in total. The fraction of sp³-hybridized carbons (Fsp3) is 0.667. The Morgan fingerprint density at radius 1 is 1.00 bits per heavy atom. The van der Waals surface area contributed by atoms with Crippen molar-refractivity contribution in [2.75, 3.05) is 46.8 Å². The molecule has 0 aliphatic carbocycles. The highest BCUT2D eigenvalue weighted by Gasteiger charge is 2.39. The molecule has 0 unspecified atom stereocenters. The second-order valence-corrected chi connectivity index (χ2v) is 7.84. The number of likely N-dealkylation sites (tertiary alicyclic amines) is 2. The topological polar surface area (TPSA) is 42.9 Å². The minimum absolute atomic E-state index is 0.275. The molecule has 2 fully saturated rings. The van der Waals surface area contributed by atoms with Crippen LogP contribution in [0, 0.1) is 0 Å². The summed E-state index contributed by atoms with van der Waals surface area (Å²) in [5.41, 5.74) is 1.55. The first-order valence-corrected chi connectivity index (χ1v) is 10.1. The molecule has 2 aliphatic rings. The second-order valence-electron chi connectivity index (χ2n) is 7.84. The summed E-state index contributed by atoms with van der Waals surface area (Å²) in [6.45, 7) is 6.67. The maximum absolute atomic E-state index is 4.44. The van der Waals surface area contributed by atoms with Gasteiger partial charge in [-0.3, -0.25) is 9.89 Å². The molecule has 26 heavy (non-hydrogen) atoms. The summed E-state index contributed by atoms with van der Waals surface area (Å²) < 4.78 is 0. The average molecular weight is 358 g/mol. The van der Waals surface area contributed by atoms with Gasteiger partial charge in [0.05, 0.1) is 0 Å². The van der Waals surface area contributed by atoms with Crippen molar-refractivity contribution in [3.63, 3.8) is 0 Å². The number of nitrogens with one attached hydrogen (secondary N) is 2. The maximum atomic E-state index is 4.44. The summed E-state index contributed by atoms with van der Waals surface area (Å²) in [6, 6.07) is 10.5. The van der Waals surface area contributed by atoms with Gasteiger partial charge in [0.15, 0.2) is 5.96 Å². The first kappa shape index (κ1) is 19.2. The van der Waals surface area contributed by atoms with Gasteiger partial charge in [-0.05, 0) is 64.5 Å². The molecule has 0 bridgehead atoms. The molecule has 0 aromatic heterocycles. The van der Waals surface area contributed by atoms with Crippen LogP contribution in [0.25, 0.3) is 0 Å². The van der Waals surface area contributed by atoms with Crippen molar-refractivity contribution in [2.24, 2.45) is 4.99 Å². The van der Waals surface area contributed by atoms with Crippen LogP contribution in [0.1, 0.15) is 37.7 Å². The molecule has 0 amide bonds. The highest BCUT2D eigenvalue weighted by molar-refractivity contribution is 5.79. The number of rotatable bonds is 5. The van der Waals surface area contributed by atoms with E-state index in [-0.39, 0.29) is 5.54 Å². The largest absolute Gasteiger partial charge is 0.355 e. The van der Waals surface area contributed by atoms with Gasteiger partial charge < -0.3 is 15.5 Å². The number of hydrogen-bond acceptors (Lipinski definition) is 3. The predicted molar refractivity (Wildman–Crippen MR) is 110 cm³/mol. The van der Waals surface area contributed by atoms with E-state index in [0.717, 1.165) is 19.0 Å². The Kier molecular flexibility index (Phi) is 6.92. The van der Waals surface area contributed by atoms with Crippen LogP contribution in [-0.4, -0.2) is 68.1 Å². The molecule has 0 spiro atoms.